The van der Waals surface area contributed by atoms with Gasteiger partial charge in [0.2, 0.25) is 5.91 Å². The molecule has 2 aromatic rings. The second-order valence-corrected chi connectivity index (χ2v) is 7.14. The Morgan fingerprint density at radius 2 is 1.88 bits per heavy atom. The number of carbonyl (C=O) groups excluding carboxylic acids is 1. The average molecular weight is 425 g/mol. The molecule has 2 rings (SSSR count). The van der Waals surface area contributed by atoms with Crippen molar-refractivity contribution in [1.82, 2.24) is 5.32 Å². The van der Waals surface area contributed by atoms with Crippen molar-refractivity contribution in [3.05, 3.63) is 63.6 Å². The summed E-state index contributed by atoms with van der Waals surface area (Å²) in [5, 5.41) is 3.53. The molecule has 0 aliphatic heterocycles. The summed E-state index contributed by atoms with van der Waals surface area (Å²) in [4.78, 5) is 11.8. The predicted octanol–water partition coefficient (Wildman–Crippen LogP) is 5.40. The molecule has 2 aromatic carbocycles. The zero-order valence-electron chi connectivity index (χ0n) is 14.1. The minimum absolute atomic E-state index is 0.0743. The van der Waals surface area contributed by atoms with Crippen LogP contribution in [-0.4, -0.2) is 19.1 Å². The molecule has 0 bridgehead atoms. The molecule has 3 nitrogen and oxygen atoms in total. The van der Waals surface area contributed by atoms with Crippen molar-refractivity contribution in [2.75, 3.05) is 13.2 Å². The Kier molecular flexibility index (Phi) is 8.84. The van der Waals surface area contributed by atoms with Crippen LogP contribution >= 0.6 is 27.5 Å². The summed E-state index contributed by atoms with van der Waals surface area (Å²) >= 11 is 9.43. The SMILES string of the molecule is O=C(CCCOc1ccc(Br)cc1Cl)NCCCCc1ccccc1. The van der Waals surface area contributed by atoms with Gasteiger partial charge in [-0.15, -0.1) is 0 Å². The summed E-state index contributed by atoms with van der Waals surface area (Å²) in [7, 11) is 0. The second kappa shape index (κ2) is 11.2. The number of aryl methyl sites for hydroxylation is 1. The molecule has 0 aromatic heterocycles. The van der Waals surface area contributed by atoms with E-state index in [9.17, 15) is 4.79 Å². The van der Waals surface area contributed by atoms with Crippen LogP contribution in [0.4, 0.5) is 0 Å². The van der Waals surface area contributed by atoms with Gasteiger partial charge in [-0.3, -0.25) is 4.79 Å². The topological polar surface area (TPSA) is 38.3 Å². The minimum Gasteiger partial charge on any atom is -0.492 e. The van der Waals surface area contributed by atoms with Crippen LogP contribution in [0, 0.1) is 0 Å². The smallest absolute Gasteiger partial charge is 0.220 e. The Hall–Kier alpha value is -1.52. The Labute approximate surface area is 162 Å². The maximum atomic E-state index is 11.8. The molecule has 5 heteroatoms. The summed E-state index contributed by atoms with van der Waals surface area (Å²) in [5.74, 6) is 0.719. The number of hydrogen-bond acceptors (Lipinski definition) is 2. The molecule has 134 valence electrons. The fourth-order valence-corrected chi connectivity index (χ4v) is 3.15. The normalized spacial score (nSPS) is 10.5. The molecule has 0 spiro atoms. The van der Waals surface area contributed by atoms with E-state index in [1.807, 2.05) is 18.2 Å². The van der Waals surface area contributed by atoms with E-state index in [0.717, 1.165) is 30.3 Å². The second-order valence-electron chi connectivity index (χ2n) is 5.82. The maximum absolute atomic E-state index is 11.8. The van der Waals surface area contributed by atoms with Crippen LogP contribution in [-0.2, 0) is 11.2 Å². The number of amides is 1. The number of ether oxygens (including phenoxy) is 1. The zero-order chi connectivity index (χ0) is 17.9. The minimum atomic E-state index is 0.0743. The highest BCUT2D eigenvalue weighted by Gasteiger charge is 2.04. The summed E-state index contributed by atoms with van der Waals surface area (Å²) in [6, 6.07) is 15.9. The molecule has 1 N–H and O–H groups in total. The third-order valence-electron chi connectivity index (χ3n) is 3.76. The lowest BCUT2D eigenvalue weighted by molar-refractivity contribution is -0.121. The summed E-state index contributed by atoms with van der Waals surface area (Å²) in [6.07, 6.45) is 4.26. The van der Waals surface area contributed by atoms with E-state index in [2.05, 4.69) is 45.5 Å². The van der Waals surface area contributed by atoms with Crippen LogP contribution in [0.5, 0.6) is 5.75 Å². The van der Waals surface area contributed by atoms with E-state index in [0.29, 0.717) is 30.2 Å². The molecular formula is C20H23BrClNO2. The lowest BCUT2D eigenvalue weighted by Crippen LogP contribution is -2.24. The van der Waals surface area contributed by atoms with Crippen molar-refractivity contribution in [3.63, 3.8) is 0 Å². The van der Waals surface area contributed by atoms with Crippen molar-refractivity contribution < 1.29 is 9.53 Å². The van der Waals surface area contributed by atoms with Crippen LogP contribution in [0.3, 0.4) is 0 Å². The fourth-order valence-electron chi connectivity index (χ4n) is 2.42. The highest BCUT2D eigenvalue weighted by molar-refractivity contribution is 9.10. The fraction of sp³-hybridized carbons (Fsp3) is 0.350. The molecule has 0 unspecified atom stereocenters. The van der Waals surface area contributed by atoms with Crippen molar-refractivity contribution >= 4 is 33.4 Å². The molecule has 0 fully saturated rings. The molecule has 0 radical (unpaired) electrons. The van der Waals surface area contributed by atoms with Gasteiger partial charge in [-0.1, -0.05) is 57.9 Å². The molecule has 0 aliphatic carbocycles. The number of nitrogens with one attached hydrogen (secondary N) is 1. The Balaban J connectivity index is 1.51. The number of rotatable bonds is 10. The van der Waals surface area contributed by atoms with E-state index in [4.69, 9.17) is 16.3 Å². The van der Waals surface area contributed by atoms with E-state index in [1.54, 1.807) is 6.07 Å². The number of hydrogen-bond donors (Lipinski definition) is 1. The lowest BCUT2D eigenvalue weighted by Gasteiger charge is -2.09. The molecule has 0 aliphatic rings. The summed E-state index contributed by atoms with van der Waals surface area (Å²) in [6.45, 7) is 1.20. The number of benzene rings is 2. The average Bonchev–Trinajstić information content (AvgIpc) is 2.61. The molecule has 0 saturated heterocycles. The van der Waals surface area contributed by atoms with E-state index in [-0.39, 0.29) is 5.91 Å². The van der Waals surface area contributed by atoms with Crippen molar-refractivity contribution in [3.8, 4) is 5.75 Å². The summed E-state index contributed by atoms with van der Waals surface area (Å²) < 4.78 is 6.51. The van der Waals surface area contributed by atoms with Gasteiger partial charge in [0, 0.05) is 17.4 Å². The molecule has 25 heavy (non-hydrogen) atoms. The predicted molar refractivity (Wildman–Crippen MR) is 106 cm³/mol. The standard InChI is InChI=1S/C20H23BrClNO2/c21-17-11-12-19(18(22)15-17)25-14-6-10-20(24)23-13-5-4-9-16-7-2-1-3-8-16/h1-3,7-8,11-12,15H,4-6,9-10,13-14H2,(H,23,24). The van der Waals surface area contributed by atoms with Crippen LogP contribution < -0.4 is 10.1 Å². The van der Waals surface area contributed by atoms with E-state index >= 15 is 0 Å². The van der Waals surface area contributed by atoms with E-state index < -0.39 is 0 Å². The van der Waals surface area contributed by atoms with Crippen molar-refractivity contribution in [2.45, 2.75) is 32.1 Å². The van der Waals surface area contributed by atoms with Gasteiger partial charge in [0.25, 0.3) is 0 Å². The van der Waals surface area contributed by atoms with Gasteiger partial charge in [0.05, 0.1) is 11.6 Å². The number of halogens is 2. The van der Waals surface area contributed by atoms with Gasteiger partial charge in [0.1, 0.15) is 5.75 Å². The highest BCUT2D eigenvalue weighted by atomic mass is 79.9. The Morgan fingerprint density at radius 1 is 1.08 bits per heavy atom. The van der Waals surface area contributed by atoms with Crippen LogP contribution in [0.25, 0.3) is 0 Å². The first-order valence-electron chi connectivity index (χ1n) is 8.53. The molecule has 1 amide bonds. The third kappa shape index (κ3) is 7.93. The Bertz CT molecular complexity index is 664. The first-order chi connectivity index (χ1) is 12.1. The monoisotopic (exact) mass is 423 g/mol. The zero-order valence-corrected chi connectivity index (χ0v) is 16.5. The van der Waals surface area contributed by atoms with Crippen molar-refractivity contribution in [2.24, 2.45) is 0 Å². The molecule has 0 saturated carbocycles. The van der Waals surface area contributed by atoms with Crippen LogP contribution in [0.2, 0.25) is 5.02 Å². The number of carbonyl (C=O) groups is 1. The van der Waals surface area contributed by atoms with E-state index in [1.165, 1.54) is 5.56 Å². The van der Waals surface area contributed by atoms with Crippen LogP contribution in [0.15, 0.2) is 53.0 Å². The van der Waals surface area contributed by atoms with Gasteiger partial charge < -0.3 is 10.1 Å². The van der Waals surface area contributed by atoms with Gasteiger partial charge in [-0.2, -0.15) is 0 Å². The first-order valence-corrected chi connectivity index (χ1v) is 9.71. The maximum Gasteiger partial charge on any atom is 0.220 e. The van der Waals surface area contributed by atoms with Crippen LogP contribution in [0.1, 0.15) is 31.2 Å². The highest BCUT2D eigenvalue weighted by Crippen LogP contribution is 2.27. The van der Waals surface area contributed by atoms with Gasteiger partial charge in [-0.25, -0.2) is 0 Å². The van der Waals surface area contributed by atoms with Gasteiger partial charge in [0.15, 0.2) is 0 Å². The quantitative estimate of drug-likeness (QED) is 0.519. The molecule has 0 atom stereocenters. The molecular weight excluding hydrogens is 402 g/mol. The van der Waals surface area contributed by atoms with Gasteiger partial charge >= 0.3 is 0 Å². The largest absolute Gasteiger partial charge is 0.492 e. The summed E-state index contributed by atoms with van der Waals surface area (Å²) in [5.41, 5.74) is 1.34. The molecule has 0 heterocycles. The Morgan fingerprint density at radius 3 is 2.64 bits per heavy atom. The lowest BCUT2D eigenvalue weighted by atomic mass is 10.1. The third-order valence-corrected chi connectivity index (χ3v) is 4.55. The van der Waals surface area contributed by atoms with Crippen molar-refractivity contribution in [1.29, 1.82) is 0 Å². The first kappa shape index (κ1) is 19.8. The van der Waals surface area contributed by atoms with Gasteiger partial charge in [-0.05, 0) is 49.4 Å². The number of unbranched alkanes of at least 4 members (excludes halogenated alkanes) is 1.